The molecule has 2 N–H and O–H groups in total. The number of hydrogen-bond donors (Lipinski definition) is 2. The number of nitrogens with one attached hydrogen (secondary N) is 2. The largest absolute Gasteiger partial charge is 0.452 e. The monoisotopic (exact) mass is 368 g/mol. The average Bonchev–Trinajstić information content (AvgIpc) is 2.67. The lowest BCUT2D eigenvalue weighted by molar-refractivity contribution is -0.126. The van der Waals surface area contributed by atoms with Gasteiger partial charge in [0.2, 0.25) is 5.91 Å². The number of carbonyl (C=O) groups is 3. The van der Waals surface area contributed by atoms with E-state index >= 15 is 0 Å². The lowest BCUT2D eigenvalue weighted by Gasteiger charge is -2.12. The van der Waals surface area contributed by atoms with Crippen molar-refractivity contribution in [2.24, 2.45) is 0 Å². The van der Waals surface area contributed by atoms with Crippen molar-refractivity contribution in [3.8, 4) is 0 Å². The molecule has 0 spiro atoms. The molecule has 142 valence electrons. The molecule has 0 bridgehead atoms. The Morgan fingerprint density at radius 1 is 0.926 bits per heavy atom. The third kappa shape index (κ3) is 5.95. The van der Waals surface area contributed by atoms with Gasteiger partial charge in [-0.3, -0.25) is 9.59 Å². The third-order valence-corrected chi connectivity index (χ3v) is 4.12. The fourth-order valence-electron chi connectivity index (χ4n) is 2.52. The first kappa shape index (κ1) is 20.2. The van der Waals surface area contributed by atoms with Crippen molar-refractivity contribution in [2.45, 2.75) is 27.2 Å². The zero-order valence-electron chi connectivity index (χ0n) is 15.8. The van der Waals surface area contributed by atoms with Crippen molar-refractivity contribution in [1.29, 1.82) is 0 Å². The fraction of sp³-hybridized carbons (Fsp3) is 0.286. The Bertz CT molecular complexity index is 808. The number of aryl methyl sites for hydroxylation is 3. The molecule has 0 aliphatic carbocycles. The minimum Gasteiger partial charge on any atom is -0.452 e. The van der Waals surface area contributed by atoms with Crippen LogP contribution in [0.3, 0.4) is 0 Å². The van der Waals surface area contributed by atoms with Crippen LogP contribution < -0.4 is 10.6 Å². The first-order valence-electron chi connectivity index (χ1n) is 8.79. The highest BCUT2D eigenvalue weighted by Crippen LogP contribution is 2.18. The van der Waals surface area contributed by atoms with Crippen LogP contribution in [0.5, 0.6) is 0 Å². The molecule has 2 aromatic rings. The summed E-state index contributed by atoms with van der Waals surface area (Å²) in [6.07, 6.45) is 0.877. The van der Waals surface area contributed by atoms with E-state index in [-0.39, 0.29) is 12.5 Å². The number of hydrogen-bond acceptors (Lipinski definition) is 4. The molecule has 2 amide bonds. The summed E-state index contributed by atoms with van der Waals surface area (Å²) in [6.45, 7) is 5.18. The maximum Gasteiger partial charge on any atom is 0.338 e. The molecule has 0 atom stereocenters. The first-order chi connectivity index (χ1) is 12.9. The Balaban J connectivity index is 1.76. The number of amides is 2. The normalized spacial score (nSPS) is 10.2. The van der Waals surface area contributed by atoms with Crippen LogP contribution in [0.1, 0.15) is 34.0 Å². The molecular formula is C21H24N2O4. The molecule has 6 nitrogen and oxygen atoms in total. The molecule has 2 rings (SSSR count). The highest BCUT2D eigenvalue weighted by molar-refractivity contribution is 5.96. The third-order valence-electron chi connectivity index (χ3n) is 4.12. The van der Waals surface area contributed by atoms with Gasteiger partial charge in [0.1, 0.15) is 0 Å². The van der Waals surface area contributed by atoms with Crippen LogP contribution in [0.4, 0.5) is 5.69 Å². The minimum atomic E-state index is -0.576. The number of benzene rings is 2. The zero-order valence-corrected chi connectivity index (χ0v) is 15.8. The Morgan fingerprint density at radius 2 is 1.56 bits per heavy atom. The van der Waals surface area contributed by atoms with Crippen LogP contribution in [-0.4, -0.2) is 30.9 Å². The van der Waals surface area contributed by atoms with Crippen molar-refractivity contribution in [3.05, 3.63) is 64.7 Å². The summed E-state index contributed by atoms with van der Waals surface area (Å²) in [4.78, 5) is 35.7. The van der Waals surface area contributed by atoms with Crippen LogP contribution in [0, 0.1) is 13.8 Å². The van der Waals surface area contributed by atoms with Crippen LogP contribution in [0.25, 0.3) is 0 Å². The number of esters is 1. The topological polar surface area (TPSA) is 84.5 Å². The molecule has 0 saturated carbocycles. The standard InChI is InChI=1S/C21H24N2O4/c1-4-16-8-10-17(11-9-16)21(26)27-13-19(25)22-12-18(24)23-20-14(2)6-5-7-15(20)3/h5-11H,4,12-13H2,1-3H3,(H,22,25)(H,23,24). The molecule has 0 heterocycles. The maximum atomic E-state index is 12.0. The maximum absolute atomic E-state index is 12.0. The molecule has 0 unspecified atom stereocenters. The lowest BCUT2D eigenvalue weighted by atomic mass is 10.1. The molecule has 6 heteroatoms. The van der Waals surface area contributed by atoms with Crippen molar-refractivity contribution < 1.29 is 19.1 Å². The average molecular weight is 368 g/mol. The van der Waals surface area contributed by atoms with Crippen molar-refractivity contribution in [1.82, 2.24) is 5.32 Å². The van der Waals surface area contributed by atoms with Gasteiger partial charge in [-0.1, -0.05) is 37.3 Å². The Morgan fingerprint density at radius 3 is 2.15 bits per heavy atom. The molecule has 0 fully saturated rings. The summed E-state index contributed by atoms with van der Waals surface area (Å²) in [5.41, 5.74) is 4.11. The van der Waals surface area contributed by atoms with Gasteiger partial charge in [-0.2, -0.15) is 0 Å². The van der Waals surface area contributed by atoms with Gasteiger partial charge in [-0.05, 0) is 49.1 Å². The second-order valence-corrected chi connectivity index (χ2v) is 6.22. The van der Waals surface area contributed by atoms with Gasteiger partial charge in [0.15, 0.2) is 6.61 Å². The first-order valence-corrected chi connectivity index (χ1v) is 8.79. The summed E-state index contributed by atoms with van der Waals surface area (Å²) in [7, 11) is 0. The number of carbonyl (C=O) groups excluding carboxylic acids is 3. The van der Waals surface area contributed by atoms with Crippen molar-refractivity contribution in [2.75, 3.05) is 18.5 Å². The zero-order chi connectivity index (χ0) is 19.8. The molecule has 0 radical (unpaired) electrons. The van der Waals surface area contributed by atoms with E-state index in [1.165, 1.54) is 0 Å². The van der Waals surface area contributed by atoms with Gasteiger partial charge < -0.3 is 15.4 Å². The second kappa shape index (κ2) is 9.52. The molecule has 2 aromatic carbocycles. The Hall–Kier alpha value is -3.15. The van der Waals surface area contributed by atoms with Crippen LogP contribution in [0.15, 0.2) is 42.5 Å². The van der Waals surface area contributed by atoms with Crippen LogP contribution >= 0.6 is 0 Å². The van der Waals surface area contributed by atoms with E-state index in [1.54, 1.807) is 12.1 Å². The van der Waals surface area contributed by atoms with E-state index in [9.17, 15) is 14.4 Å². The predicted molar refractivity (Wildman–Crippen MR) is 104 cm³/mol. The van der Waals surface area contributed by atoms with Gasteiger partial charge in [0.25, 0.3) is 5.91 Å². The summed E-state index contributed by atoms with van der Waals surface area (Å²) in [5, 5.41) is 5.21. The van der Waals surface area contributed by atoms with Gasteiger partial charge in [-0.25, -0.2) is 4.79 Å². The summed E-state index contributed by atoms with van der Waals surface area (Å²) in [6, 6.07) is 12.7. The lowest BCUT2D eigenvalue weighted by Crippen LogP contribution is -2.35. The SMILES string of the molecule is CCc1ccc(C(=O)OCC(=O)NCC(=O)Nc2c(C)cccc2C)cc1. The fourth-order valence-corrected chi connectivity index (χ4v) is 2.52. The number of anilines is 1. The smallest absolute Gasteiger partial charge is 0.338 e. The number of ether oxygens (including phenoxy) is 1. The molecule has 0 aromatic heterocycles. The van der Waals surface area contributed by atoms with Crippen LogP contribution in [0.2, 0.25) is 0 Å². The minimum absolute atomic E-state index is 0.199. The van der Waals surface area contributed by atoms with Crippen molar-refractivity contribution in [3.63, 3.8) is 0 Å². The van der Waals surface area contributed by atoms with E-state index < -0.39 is 18.5 Å². The molecular weight excluding hydrogens is 344 g/mol. The molecule has 0 aliphatic rings. The summed E-state index contributed by atoms with van der Waals surface area (Å²) in [5.74, 6) is -1.46. The predicted octanol–water partition coefficient (Wildman–Crippen LogP) is 2.78. The summed E-state index contributed by atoms with van der Waals surface area (Å²) >= 11 is 0. The molecule has 27 heavy (non-hydrogen) atoms. The van der Waals surface area contributed by atoms with Gasteiger partial charge in [-0.15, -0.1) is 0 Å². The Kier molecular flexibility index (Phi) is 7.11. The van der Waals surface area contributed by atoms with Gasteiger partial charge >= 0.3 is 5.97 Å². The van der Waals surface area contributed by atoms with E-state index in [0.717, 1.165) is 28.8 Å². The highest BCUT2D eigenvalue weighted by Gasteiger charge is 2.12. The highest BCUT2D eigenvalue weighted by atomic mass is 16.5. The Labute approximate surface area is 158 Å². The van der Waals surface area contributed by atoms with E-state index in [4.69, 9.17) is 4.74 Å². The van der Waals surface area contributed by atoms with Crippen molar-refractivity contribution >= 4 is 23.5 Å². The van der Waals surface area contributed by atoms with Gasteiger partial charge in [0, 0.05) is 5.69 Å². The summed E-state index contributed by atoms with van der Waals surface area (Å²) < 4.78 is 4.97. The van der Waals surface area contributed by atoms with Gasteiger partial charge in [0.05, 0.1) is 12.1 Å². The number of rotatable bonds is 7. The van der Waals surface area contributed by atoms with E-state index in [0.29, 0.717) is 5.56 Å². The van der Waals surface area contributed by atoms with E-state index in [2.05, 4.69) is 10.6 Å². The molecule has 0 aliphatic heterocycles. The number of para-hydroxylation sites is 1. The van der Waals surface area contributed by atoms with Crippen LogP contribution in [-0.2, 0) is 20.7 Å². The second-order valence-electron chi connectivity index (χ2n) is 6.22. The molecule has 0 saturated heterocycles. The van der Waals surface area contributed by atoms with E-state index in [1.807, 2.05) is 51.1 Å². The quantitative estimate of drug-likeness (QED) is 0.736.